The van der Waals surface area contributed by atoms with Gasteiger partial charge < -0.3 is 9.84 Å². The summed E-state index contributed by atoms with van der Waals surface area (Å²) in [7, 11) is 0. The Kier molecular flexibility index (Phi) is 4.32. The first-order chi connectivity index (χ1) is 9.67. The molecule has 0 aromatic rings. The van der Waals surface area contributed by atoms with Crippen LogP contribution in [-0.2, 0) is 9.53 Å². The Hall–Kier alpha value is -0.610. The second-order valence-electron chi connectivity index (χ2n) is 6.99. The number of likely N-dealkylation sites (tertiary alicyclic amines) is 1. The predicted molar refractivity (Wildman–Crippen MR) is 76.7 cm³/mol. The zero-order chi connectivity index (χ0) is 14.0. The number of hydrogen-bond donors (Lipinski definition) is 1. The highest BCUT2D eigenvalue weighted by atomic mass is 16.5. The van der Waals surface area contributed by atoms with Crippen LogP contribution in [0.3, 0.4) is 0 Å². The Bertz CT molecular complexity index is 346. The van der Waals surface area contributed by atoms with E-state index in [-0.39, 0.29) is 5.60 Å². The van der Waals surface area contributed by atoms with Crippen LogP contribution < -0.4 is 0 Å². The second-order valence-corrected chi connectivity index (χ2v) is 6.99. The first-order valence-corrected chi connectivity index (χ1v) is 8.27. The number of ether oxygens (including phenoxy) is 1. The van der Waals surface area contributed by atoms with Gasteiger partial charge >= 0.3 is 5.97 Å². The summed E-state index contributed by atoms with van der Waals surface area (Å²) in [6.07, 6.45) is 10.1. The summed E-state index contributed by atoms with van der Waals surface area (Å²) in [5.41, 5.74) is 0.159. The Morgan fingerprint density at radius 2 is 2.05 bits per heavy atom. The maximum atomic E-state index is 10.8. The summed E-state index contributed by atoms with van der Waals surface area (Å²) in [5, 5.41) is 8.93. The van der Waals surface area contributed by atoms with Crippen molar-refractivity contribution in [3.63, 3.8) is 0 Å². The topological polar surface area (TPSA) is 49.8 Å². The highest BCUT2D eigenvalue weighted by Crippen LogP contribution is 2.40. The minimum atomic E-state index is -0.646. The maximum Gasteiger partial charge on any atom is 0.303 e. The molecule has 2 unspecified atom stereocenters. The molecular formula is C16H27NO3. The fourth-order valence-corrected chi connectivity index (χ4v) is 4.47. The molecule has 20 heavy (non-hydrogen) atoms. The smallest absolute Gasteiger partial charge is 0.303 e. The molecule has 114 valence electrons. The van der Waals surface area contributed by atoms with Crippen molar-refractivity contribution in [3.8, 4) is 0 Å². The number of nitrogens with zero attached hydrogens (tertiary/aromatic N) is 1. The van der Waals surface area contributed by atoms with Crippen LogP contribution in [-0.4, -0.2) is 47.3 Å². The van der Waals surface area contributed by atoms with Gasteiger partial charge in [0.1, 0.15) is 0 Å². The Morgan fingerprint density at radius 1 is 1.25 bits per heavy atom. The van der Waals surface area contributed by atoms with Crippen LogP contribution in [0.2, 0.25) is 0 Å². The van der Waals surface area contributed by atoms with Gasteiger partial charge in [0.15, 0.2) is 0 Å². The van der Waals surface area contributed by atoms with Gasteiger partial charge in [0.2, 0.25) is 0 Å². The molecule has 0 aromatic carbocycles. The van der Waals surface area contributed by atoms with Crippen molar-refractivity contribution in [2.45, 2.75) is 69.4 Å². The number of hydrogen-bond acceptors (Lipinski definition) is 3. The summed E-state index contributed by atoms with van der Waals surface area (Å²) in [4.78, 5) is 13.4. The average Bonchev–Trinajstić information content (AvgIpc) is 2.87. The second kappa shape index (κ2) is 6.02. The first-order valence-electron chi connectivity index (χ1n) is 8.27. The number of aliphatic carboxylic acids is 1. The van der Waals surface area contributed by atoms with E-state index in [0.717, 1.165) is 32.5 Å². The van der Waals surface area contributed by atoms with E-state index in [1.807, 2.05) is 0 Å². The molecule has 0 amide bonds. The van der Waals surface area contributed by atoms with E-state index in [4.69, 9.17) is 9.84 Å². The fraction of sp³-hybridized carbons (Fsp3) is 0.938. The Labute approximate surface area is 121 Å². The lowest BCUT2D eigenvalue weighted by Crippen LogP contribution is -2.49. The molecular weight excluding hydrogens is 254 g/mol. The van der Waals surface area contributed by atoms with Gasteiger partial charge in [0.25, 0.3) is 0 Å². The summed E-state index contributed by atoms with van der Waals surface area (Å²) in [5.74, 6) is -0.287. The molecule has 0 aromatic heterocycles. The third-order valence-electron chi connectivity index (χ3n) is 5.53. The standard InChI is InChI=1S/C16H27NO3/c18-15(19)10-13-4-8-17(12-13)14-5-9-20-16(11-14)6-2-1-3-7-16/h13-14H,1-12H2,(H,18,19). The van der Waals surface area contributed by atoms with Crippen molar-refractivity contribution in [3.05, 3.63) is 0 Å². The van der Waals surface area contributed by atoms with Crippen molar-refractivity contribution in [1.82, 2.24) is 4.90 Å². The van der Waals surface area contributed by atoms with Crippen molar-refractivity contribution in [2.24, 2.45) is 5.92 Å². The highest BCUT2D eigenvalue weighted by molar-refractivity contribution is 5.67. The van der Waals surface area contributed by atoms with Crippen LogP contribution in [0.15, 0.2) is 0 Å². The summed E-state index contributed by atoms with van der Waals surface area (Å²) in [6, 6.07) is 0.626. The molecule has 0 bridgehead atoms. The first kappa shape index (κ1) is 14.3. The lowest BCUT2D eigenvalue weighted by atomic mass is 9.78. The fourth-order valence-electron chi connectivity index (χ4n) is 4.47. The molecule has 1 spiro atoms. The van der Waals surface area contributed by atoms with Crippen molar-refractivity contribution >= 4 is 5.97 Å². The molecule has 2 heterocycles. The predicted octanol–water partition coefficient (Wildman–Crippen LogP) is 2.66. The minimum absolute atomic E-state index is 0.159. The zero-order valence-corrected chi connectivity index (χ0v) is 12.4. The Morgan fingerprint density at radius 3 is 2.80 bits per heavy atom. The molecule has 2 saturated heterocycles. The van der Waals surface area contributed by atoms with E-state index >= 15 is 0 Å². The number of carboxylic acid groups (broad SMARTS) is 1. The molecule has 3 rings (SSSR count). The van der Waals surface area contributed by atoms with E-state index in [0.29, 0.717) is 18.4 Å². The third-order valence-corrected chi connectivity index (χ3v) is 5.53. The van der Waals surface area contributed by atoms with Gasteiger partial charge in [-0.2, -0.15) is 0 Å². The number of carboxylic acids is 1. The van der Waals surface area contributed by atoms with Crippen LogP contribution >= 0.6 is 0 Å². The molecule has 2 aliphatic heterocycles. The molecule has 4 nitrogen and oxygen atoms in total. The van der Waals surface area contributed by atoms with Crippen LogP contribution in [0.25, 0.3) is 0 Å². The van der Waals surface area contributed by atoms with Crippen molar-refractivity contribution < 1.29 is 14.6 Å². The molecule has 4 heteroatoms. The normalized spacial score (nSPS) is 34.4. The monoisotopic (exact) mass is 281 g/mol. The van der Waals surface area contributed by atoms with Gasteiger partial charge in [-0.05, 0) is 44.6 Å². The van der Waals surface area contributed by atoms with Gasteiger partial charge in [0.05, 0.1) is 5.60 Å². The maximum absolute atomic E-state index is 10.8. The van der Waals surface area contributed by atoms with E-state index in [2.05, 4.69) is 4.90 Å². The zero-order valence-electron chi connectivity index (χ0n) is 12.4. The van der Waals surface area contributed by atoms with Crippen molar-refractivity contribution in [2.75, 3.05) is 19.7 Å². The molecule has 0 radical (unpaired) electrons. The van der Waals surface area contributed by atoms with Crippen LogP contribution in [0, 0.1) is 5.92 Å². The van der Waals surface area contributed by atoms with Gasteiger partial charge in [-0.1, -0.05) is 19.3 Å². The highest BCUT2D eigenvalue weighted by Gasteiger charge is 2.41. The van der Waals surface area contributed by atoms with E-state index < -0.39 is 5.97 Å². The van der Waals surface area contributed by atoms with Crippen LogP contribution in [0.5, 0.6) is 0 Å². The number of rotatable bonds is 3. The molecule has 3 fully saturated rings. The van der Waals surface area contributed by atoms with Gasteiger partial charge in [-0.15, -0.1) is 0 Å². The third kappa shape index (κ3) is 3.17. The number of carbonyl (C=O) groups is 1. The summed E-state index contributed by atoms with van der Waals surface area (Å²) >= 11 is 0. The molecule has 3 aliphatic rings. The van der Waals surface area contributed by atoms with Crippen molar-refractivity contribution in [1.29, 1.82) is 0 Å². The minimum Gasteiger partial charge on any atom is -0.481 e. The lowest BCUT2D eigenvalue weighted by Gasteiger charge is -2.46. The molecule has 2 atom stereocenters. The molecule has 1 saturated carbocycles. The van der Waals surface area contributed by atoms with Crippen LogP contribution in [0.4, 0.5) is 0 Å². The van der Waals surface area contributed by atoms with Gasteiger partial charge in [0, 0.05) is 25.6 Å². The van der Waals surface area contributed by atoms with E-state index in [1.165, 1.54) is 38.5 Å². The Balaban J connectivity index is 1.56. The summed E-state index contributed by atoms with van der Waals surface area (Å²) < 4.78 is 6.17. The lowest BCUT2D eigenvalue weighted by molar-refractivity contribution is -0.138. The largest absolute Gasteiger partial charge is 0.481 e. The van der Waals surface area contributed by atoms with Crippen LogP contribution in [0.1, 0.15) is 57.8 Å². The molecule has 1 aliphatic carbocycles. The quantitative estimate of drug-likeness (QED) is 0.864. The SMILES string of the molecule is O=C(O)CC1CCN(C2CCOC3(CCCCC3)C2)C1. The average molecular weight is 281 g/mol. The van der Waals surface area contributed by atoms with Gasteiger partial charge in [-0.3, -0.25) is 9.69 Å². The summed E-state index contributed by atoms with van der Waals surface area (Å²) in [6.45, 7) is 2.95. The van der Waals surface area contributed by atoms with Gasteiger partial charge in [-0.25, -0.2) is 0 Å². The van der Waals surface area contributed by atoms with E-state index in [1.54, 1.807) is 0 Å². The molecule has 1 N–H and O–H groups in total. The van der Waals surface area contributed by atoms with E-state index in [9.17, 15) is 4.79 Å².